The van der Waals surface area contributed by atoms with Crippen LogP contribution >= 0.6 is 23.2 Å². The minimum atomic E-state index is -1.07. The van der Waals surface area contributed by atoms with E-state index in [0.717, 1.165) is 83.2 Å². The molecule has 10 rings (SSSR count). The van der Waals surface area contributed by atoms with E-state index in [1.807, 2.05) is 91.0 Å². The van der Waals surface area contributed by atoms with Crippen LogP contribution in [0.4, 0.5) is 8.78 Å². The number of ether oxygens (including phenoxy) is 6. The van der Waals surface area contributed by atoms with Gasteiger partial charge in [0.25, 0.3) is 0 Å². The Morgan fingerprint density at radius 2 is 0.901 bits per heavy atom. The summed E-state index contributed by atoms with van der Waals surface area (Å²) in [6, 6.07) is 37.3. The maximum atomic E-state index is 13.0. The van der Waals surface area contributed by atoms with Gasteiger partial charge < -0.3 is 49.3 Å². The molecule has 0 unspecified atom stereocenters. The normalized spacial score (nSPS) is 13.5. The minimum absolute atomic E-state index is 0. The molecule has 14 heteroatoms. The molecule has 71 heavy (non-hydrogen) atoms. The molecule has 2 spiro atoms. The van der Waals surface area contributed by atoms with E-state index in [1.54, 1.807) is 36.1 Å². The van der Waals surface area contributed by atoms with Crippen molar-refractivity contribution in [3.05, 3.63) is 207 Å². The summed E-state index contributed by atoms with van der Waals surface area (Å²) in [6.45, 7) is 11.2. The molecule has 0 saturated carbocycles. The monoisotopic (exact) mass is 1150 g/mol. The number of esters is 2. The second kappa shape index (κ2) is 26.9. The average molecular weight is 1150 g/mol. The van der Waals surface area contributed by atoms with Crippen molar-refractivity contribution < 1.29 is 112 Å². The molecule has 0 saturated heterocycles. The Morgan fingerprint density at radius 1 is 0.549 bits per heavy atom. The van der Waals surface area contributed by atoms with Gasteiger partial charge in [-0.25, -0.2) is 16.2 Å². The van der Waals surface area contributed by atoms with Crippen molar-refractivity contribution in [1.82, 2.24) is 0 Å². The molecule has 4 aliphatic rings. The van der Waals surface area contributed by atoms with E-state index in [4.69, 9.17) is 51.6 Å². The maximum Gasteiger partial charge on any atom is 0.340 e. The average Bonchev–Trinajstić information content (AvgIpc) is 3.82. The van der Waals surface area contributed by atoms with Crippen molar-refractivity contribution in [2.24, 2.45) is 0 Å². The van der Waals surface area contributed by atoms with Gasteiger partial charge in [0.15, 0.2) is 11.2 Å². The number of hydrogen-bond donors (Lipinski definition) is 0. The van der Waals surface area contributed by atoms with E-state index in [1.165, 1.54) is 25.7 Å². The van der Waals surface area contributed by atoms with Crippen LogP contribution in [0.1, 0.15) is 119 Å². The van der Waals surface area contributed by atoms with Gasteiger partial charge in [0.2, 0.25) is 0 Å². The van der Waals surface area contributed by atoms with E-state index in [9.17, 15) is 18.4 Å². The summed E-state index contributed by atoms with van der Waals surface area (Å²) in [5.74, 6) is 3.15. The summed E-state index contributed by atoms with van der Waals surface area (Å²) in [4.78, 5) is 25.6. The van der Waals surface area contributed by atoms with Gasteiger partial charge in [-0.2, -0.15) is 0 Å². The molecule has 0 fully saturated rings. The Morgan fingerprint density at radius 3 is 1.27 bits per heavy atom. The minimum Gasteiger partial charge on any atom is -0.493 e. The van der Waals surface area contributed by atoms with Gasteiger partial charge in [0.05, 0.1) is 24.3 Å². The third-order valence-electron chi connectivity index (χ3n) is 11.9. The Hall–Kier alpha value is -4.63. The van der Waals surface area contributed by atoms with E-state index in [0.29, 0.717) is 57.4 Å². The fourth-order valence-electron chi connectivity index (χ4n) is 8.88. The van der Waals surface area contributed by atoms with Gasteiger partial charge in [-0.1, -0.05) is 112 Å². The smallest absolute Gasteiger partial charge is 0.340 e. The predicted octanol–water partition coefficient (Wildman–Crippen LogP) is 15.7. The van der Waals surface area contributed by atoms with Gasteiger partial charge in [0.1, 0.15) is 34.5 Å². The number of benzene rings is 6. The molecule has 8 nitrogen and oxygen atoms in total. The summed E-state index contributed by atoms with van der Waals surface area (Å²) in [7, 11) is 0. The Balaban J connectivity index is 0.000000239. The largest absolute Gasteiger partial charge is 0.493 e. The van der Waals surface area contributed by atoms with E-state index in [-0.39, 0.29) is 77.4 Å². The number of rotatable bonds is 12. The van der Waals surface area contributed by atoms with Gasteiger partial charge >= 0.3 is 11.9 Å². The second-order valence-electron chi connectivity index (χ2n) is 16.3. The van der Waals surface area contributed by atoms with Crippen molar-refractivity contribution >= 4 is 35.1 Å². The van der Waals surface area contributed by atoms with Crippen LogP contribution in [0, 0.1) is 12.7 Å². The fraction of sp³-hybridized carbons (Fsp3) is 0.246. The van der Waals surface area contributed by atoms with Crippen LogP contribution in [0.2, 0.25) is 10.0 Å². The molecule has 6 aromatic carbocycles. The van der Waals surface area contributed by atoms with Gasteiger partial charge in [-0.3, -0.25) is 6.58 Å². The van der Waals surface area contributed by atoms with Crippen LogP contribution in [0.25, 0.3) is 0 Å². The van der Waals surface area contributed by atoms with Crippen molar-refractivity contribution in [2.45, 2.75) is 76.4 Å². The van der Waals surface area contributed by atoms with Crippen LogP contribution in [-0.2, 0) is 86.1 Å². The second-order valence-corrected chi connectivity index (χ2v) is 17.1. The number of carbonyl (C=O) groups excluding carboxylic acids is 2. The van der Waals surface area contributed by atoms with E-state index in [2.05, 4.69) is 27.0 Å². The van der Waals surface area contributed by atoms with Crippen LogP contribution in [-0.4, -0.2) is 25.2 Å². The molecule has 362 valence electrons. The SMILES string of the molecule is C=C=[C-]F.C=[C-]F.CCCCCCOc1ccc2c(c1)Oc1cc(OCCCCCC)ccc1C21OC(=O)c2ccccc21.O=C1OC2(c3ccc(Cl)cc3Oc3cc(Cl)ccc32)c2ccccc21.[Y].[Y]. The summed E-state index contributed by atoms with van der Waals surface area (Å²) in [6.07, 6.45) is 11.2. The number of carbonyl (C=O) groups is 2. The quantitative estimate of drug-likeness (QED) is 0.0518. The summed E-state index contributed by atoms with van der Waals surface area (Å²) < 4.78 is 57.0. The molecule has 2 radical (unpaired) electrons. The molecule has 0 N–H and O–H groups in total. The summed E-state index contributed by atoms with van der Waals surface area (Å²) in [5, 5.41) is 1.08. The Bertz CT molecular complexity index is 2770. The third-order valence-corrected chi connectivity index (χ3v) is 12.4. The van der Waals surface area contributed by atoms with E-state index < -0.39 is 11.2 Å². The Labute approximate surface area is 474 Å². The first kappa shape index (κ1) is 57.3. The first-order valence-corrected chi connectivity index (χ1v) is 23.5. The molecule has 0 aliphatic carbocycles. The number of fused-ring (bicyclic) bond motifs is 12. The van der Waals surface area contributed by atoms with E-state index >= 15 is 0 Å². The zero-order valence-corrected chi connectivity index (χ0v) is 46.7. The molecule has 0 bridgehead atoms. The molecule has 0 aromatic heterocycles. The molecular formula is C57H50Cl2F2O8Y2-2. The molecule has 4 aliphatic heterocycles. The van der Waals surface area contributed by atoms with Crippen molar-refractivity contribution in [2.75, 3.05) is 13.2 Å². The fourth-order valence-corrected chi connectivity index (χ4v) is 9.20. The van der Waals surface area contributed by atoms with Gasteiger partial charge in [0, 0.05) is 121 Å². The Kier molecular flexibility index (Phi) is 21.7. The van der Waals surface area contributed by atoms with Gasteiger partial charge in [-0.15, -0.1) is 0 Å². The zero-order chi connectivity index (χ0) is 49.0. The van der Waals surface area contributed by atoms with Crippen molar-refractivity contribution in [1.29, 1.82) is 0 Å². The maximum absolute atomic E-state index is 13.0. The van der Waals surface area contributed by atoms with Crippen LogP contribution in [0.15, 0.2) is 140 Å². The molecule has 0 atom stereocenters. The van der Waals surface area contributed by atoms with Crippen LogP contribution < -0.4 is 18.9 Å². The number of hydrogen-bond acceptors (Lipinski definition) is 8. The molecular weight excluding hydrogens is 1100 g/mol. The van der Waals surface area contributed by atoms with Crippen LogP contribution in [0.3, 0.4) is 0 Å². The third kappa shape index (κ3) is 12.3. The number of halogens is 4. The topological polar surface area (TPSA) is 89.5 Å². The number of unbranched alkanes of at least 4 members (excludes halogenated alkanes) is 6. The first-order valence-electron chi connectivity index (χ1n) is 22.8. The molecule has 6 aromatic rings. The molecule has 4 heterocycles. The van der Waals surface area contributed by atoms with Crippen LogP contribution in [0.5, 0.6) is 34.5 Å². The summed E-state index contributed by atoms with van der Waals surface area (Å²) >= 11 is 12.3. The van der Waals surface area contributed by atoms with Crippen molar-refractivity contribution in [3.8, 4) is 34.5 Å². The predicted molar refractivity (Wildman–Crippen MR) is 262 cm³/mol. The van der Waals surface area contributed by atoms with Gasteiger partial charge in [-0.05, 0) is 92.0 Å². The summed E-state index contributed by atoms with van der Waals surface area (Å²) in [5.41, 5.74) is 5.44. The first-order chi connectivity index (χ1) is 33.6. The standard InChI is InChI=1S/C32H36O5.C20H10Cl2O3.C3H2F.C2H2F.2Y/c1-3-5-7-11-19-34-23-15-17-27-29(21-23)36-30-22-24(35-20-12-8-6-4-2)16-18-28(30)32(27)26-14-10-9-13-25(26)31(33)37-32;21-11-5-7-15-17(9-11)24-18-10-12(22)6-8-16(18)20(15)14-4-2-1-3-13(14)19(23)25-20;1-2-3-4;1-2-3;;/h9-10,13-18,21-22H,3-8,11-12,19-20H2,1-2H3;1-10H;1H2;1H2;;/q;;2*-1;;. The zero-order valence-electron chi connectivity index (χ0n) is 39.5. The molecule has 0 amide bonds. The van der Waals surface area contributed by atoms with Crippen molar-refractivity contribution in [3.63, 3.8) is 0 Å².